The van der Waals surface area contributed by atoms with E-state index in [2.05, 4.69) is 81.7 Å². The molecule has 2 aliphatic heterocycles. The van der Waals surface area contributed by atoms with E-state index in [1.165, 1.54) is 11.1 Å². The number of hydrogen-bond donors (Lipinski definition) is 2. The molecule has 7 rings (SSSR count). The van der Waals surface area contributed by atoms with Gasteiger partial charge in [-0.15, -0.1) is 0 Å². The molecule has 246 valence electrons. The molecular weight excluding hydrogens is 596 g/mol. The normalized spacial score (nSPS) is 17.0. The minimum Gasteiger partial charge on any atom is -0.368 e. The number of carbonyl (C=O) groups is 2. The van der Waals surface area contributed by atoms with Crippen LogP contribution in [0.1, 0.15) is 16.7 Å². The number of benzene rings is 4. The van der Waals surface area contributed by atoms with Gasteiger partial charge in [-0.1, -0.05) is 84.9 Å². The number of aromatic amines is 1. The maximum atomic E-state index is 14.8. The van der Waals surface area contributed by atoms with E-state index in [-0.39, 0.29) is 17.9 Å². The number of aromatic nitrogens is 1. The number of H-pyrrole nitrogens is 1. The summed E-state index contributed by atoms with van der Waals surface area (Å²) in [5.74, 6) is 0.187. The van der Waals surface area contributed by atoms with E-state index in [1.807, 2.05) is 70.6 Å². The molecule has 0 bridgehead atoms. The maximum absolute atomic E-state index is 14.8. The second-order valence-corrected chi connectivity index (χ2v) is 13.2. The summed E-state index contributed by atoms with van der Waals surface area (Å²) in [5.41, 5.74) is 6.59. The molecule has 5 aromatic rings. The van der Waals surface area contributed by atoms with Crippen molar-refractivity contribution in [2.45, 2.75) is 25.4 Å². The van der Waals surface area contributed by atoms with E-state index in [4.69, 9.17) is 0 Å². The number of rotatable bonds is 9. The second-order valence-electron chi connectivity index (χ2n) is 13.2. The lowest BCUT2D eigenvalue weighted by Crippen LogP contribution is -2.58. The average molecular weight is 641 g/mol. The van der Waals surface area contributed by atoms with Crippen LogP contribution < -0.4 is 15.1 Å². The number of amides is 3. The summed E-state index contributed by atoms with van der Waals surface area (Å²) in [6, 6.07) is 36.3. The molecule has 2 N–H and O–H groups in total. The van der Waals surface area contributed by atoms with Gasteiger partial charge in [0.1, 0.15) is 6.04 Å². The second kappa shape index (κ2) is 14.4. The summed E-state index contributed by atoms with van der Waals surface area (Å²) < 4.78 is 0. The Balaban J connectivity index is 1.11. The fraction of sp³-hybridized carbons (Fsp3) is 0.300. The zero-order chi connectivity index (χ0) is 32.9. The minimum atomic E-state index is -0.724. The van der Waals surface area contributed by atoms with Crippen LogP contribution in [0.4, 0.5) is 16.2 Å². The molecule has 1 saturated heterocycles. The summed E-state index contributed by atoms with van der Waals surface area (Å²) in [6.07, 6.45) is 3.28. The molecule has 2 aliphatic rings. The minimum absolute atomic E-state index is 0.0700. The molecule has 0 saturated carbocycles. The molecule has 3 heterocycles. The SMILES string of the molecule is CN(Cc1ccccc1)C[C@@H]1Cc2ccccc2N(C(=O)C(Cc2c[nH]c3ccccc23)NC(=O)N2CCN(c3ccccc3)CC2)C1. The van der Waals surface area contributed by atoms with E-state index in [0.717, 1.165) is 60.4 Å². The number of nitrogens with one attached hydrogen (secondary N) is 2. The maximum Gasteiger partial charge on any atom is 0.318 e. The molecule has 0 spiro atoms. The first kappa shape index (κ1) is 31.5. The van der Waals surface area contributed by atoms with Crippen LogP contribution in [0.2, 0.25) is 0 Å². The lowest BCUT2D eigenvalue weighted by atomic mass is 9.91. The fourth-order valence-corrected chi connectivity index (χ4v) is 7.37. The number of hydrogen-bond acceptors (Lipinski definition) is 4. The number of urea groups is 1. The summed E-state index contributed by atoms with van der Waals surface area (Å²) in [7, 11) is 2.15. The van der Waals surface area contributed by atoms with Gasteiger partial charge in [0.05, 0.1) is 0 Å². The highest BCUT2D eigenvalue weighted by Gasteiger charge is 2.35. The van der Waals surface area contributed by atoms with Gasteiger partial charge in [0.25, 0.3) is 0 Å². The summed E-state index contributed by atoms with van der Waals surface area (Å²) in [4.78, 5) is 40.4. The van der Waals surface area contributed by atoms with Crippen LogP contribution >= 0.6 is 0 Å². The Morgan fingerprint density at radius 2 is 1.54 bits per heavy atom. The summed E-state index contributed by atoms with van der Waals surface area (Å²) >= 11 is 0. The van der Waals surface area contributed by atoms with Crippen molar-refractivity contribution in [1.29, 1.82) is 0 Å². The highest BCUT2D eigenvalue weighted by atomic mass is 16.2. The van der Waals surface area contributed by atoms with E-state index in [9.17, 15) is 9.59 Å². The Bertz CT molecular complexity index is 1830. The Kier molecular flexibility index (Phi) is 9.43. The molecular formula is C40H44N6O2. The third-order valence-electron chi connectivity index (χ3n) is 9.75. The monoisotopic (exact) mass is 640 g/mol. The Labute approximate surface area is 283 Å². The van der Waals surface area contributed by atoms with Gasteiger partial charge in [0, 0.05) is 80.7 Å². The van der Waals surface area contributed by atoms with Crippen LogP contribution in [0.5, 0.6) is 0 Å². The average Bonchev–Trinajstić information content (AvgIpc) is 3.54. The van der Waals surface area contributed by atoms with Gasteiger partial charge < -0.3 is 29.9 Å². The van der Waals surface area contributed by atoms with Crippen molar-refractivity contribution >= 4 is 34.2 Å². The molecule has 1 fully saturated rings. The van der Waals surface area contributed by atoms with Crippen LogP contribution in [0.15, 0.2) is 115 Å². The fourth-order valence-electron chi connectivity index (χ4n) is 7.37. The first-order chi connectivity index (χ1) is 23.5. The summed E-state index contributed by atoms with van der Waals surface area (Å²) in [5, 5.41) is 4.28. The molecule has 0 aliphatic carbocycles. The van der Waals surface area contributed by atoms with Gasteiger partial charge in [-0.3, -0.25) is 4.79 Å². The number of para-hydroxylation sites is 3. The zero-order valence-corrected chi connectivity index (χ0v) is 27.6. The number of anilines is 2. The highest BCUT2D eigenvalue weighted by molar-refractivity contribution is 6.00. The zero-order valence-electron chi connectivity index (χ0n) is 27.6. The molecule has 3 amide bonds. The van der Waals surface area contributed by atoms with Crippen LogP contribution in [0, 0.1) is 5.92 Å². The van der Waals surface area contributed by atoms with Gasteiger partial charge in [0.2, 0.25) is 5.91 Å². The number of carbonyl (C=O) groups excluding carboxylic acids is 2. The summed E-state index contributed by atoms with van der Waals surface area (Å²) in [6.45, 7) is 4.99. The van der Waals surface area contributed by atoms with Crippen molar-refractivity contribution in [1.82, 2.24) is 20.1 Å². The standard InChI is InChI=1S/C40H44N6O2/c1-43(27-30-12-4-2-5-13-30)28-31-24-32-14-8-11-19-38(32)46(29-31)39(47)37(25-33-26-41-36-18-10-9-17-35(33)36)42-40(48)45-22-20-44(21-23-45)34-15-6-3-7-16-34/h2-19,26,31,37,41H,20-25,27-29H2,1H3,(H,42,48)/t31-,37?/m0/s1. The Morgan fingerprint density at radius 3 is 2.33 bits per heavy atom. The van der Waals surface area contributed by atoms with Crippen molar-refractivity contribution in [3.8, 4) is 0 Å². The van der Waals surface area contributed by atoms with Gasteiger partial charge >= 0.3 is 6.03 Å². The predicted molar refractivity (Wildman–Crippen MR) is 193 cm³/mol. The number of nitrogens with zero attached hydrogens (tertiary/aromatic N) is 4. The van der Waals surface area contributed by atoms with Gasteiger partial charge in [-0.25, -0.2) is 4.79 Å². The van der Waals surface area contributed by atoms with Gasteiger partial charge in [0.15, 0.2) is 0 Å². The largest absolute Gasteiger partial charge is 0.368 e. The molecule has 8 nitrogen and oxygen atoms in total. The number of fused-ring (bicyclic) bond motifs is 2. The van der Waals surface area contributed by atoms with Gasteiger partial charge in [-0.2, -0.15) is 0 Å². The molecule has 4 aromatic carbocycles. The molecule has 8 heteroatoms. The number of piperazine rings is 1. The highest BCUT2D eigenvalue weighted by Crippen LogP contribution is 2.31. The molecule has 0 radical (unpaired) electrons. The smallest absolute Gasteiger partial charge is 0.318 e. The third kappa shape index (κ3) is 7.09. The topological polar surface area (TPSA) is 74.9 Å². The predicted octanol–water partition coefficient (Wildman–Crippen LogP) is 5.95. The van der Waals surface area contributed by atoms with E-state index >= 15 is 0 Å². The van der Waals surface area contributed by atoms with Crippen LogP contribution in [-0.4, -0.2) is 79.1 Å². The quantitative estimate of drug-likeness (QED) is 0.209. The van der Waals surface area contributed by atoms with E-state index in [0.29, 0.717) is 26.1 Å². The van der Waals surface area contributed by atoms with Crippen molar-refractivity contribution in [2.24, 2.45) is 5.92 Å². The van der Waals surface area contributed by atoms with Crippen molar-refractivity contribution in [3.63, 3.8) is 0 Å². The first-order valence-electron chi connectivity index (χ1n) is 17.0. The van der Waals surface area contributed by atoms with Crippen LogP contribution in [-0.2, 0) is 24.2 Å². The molecule has 1 unspecified atom stereocenters. The van der Waals surface area contributed by atoms with E-state index < -0.39 is 6.04 Å². The van der Waals surface area contributed by atoms with E-state index in [1.54, 1.807) is 0 Å². The van der Waals surface area contributed by atoms with Gasteiger partial charge in [-0.05, 0) is 60.3 Å². The lowest BCUT2D eigenvalue weighted by Gasteiger charge is -2.39. The molecule has 2 atom stereocenters. The first-order valence-corrected chi connectivity index (χ1v) is 17.0. The molecule has 1 aromatic heterocycles. The Morgan fingerprint density at radius 1 is 0.854 bits per heavy atom. The van der Waals surface area contributed by atoms with Crippen molar-refractivity contribution in [3.05, 3.63) is 132 Å². The third-order valence-corrected chi connectivity index (χ3v) is 9.75. The van der Waals surface area contributed by atoms with Crippen LogP contribution in [0.25, 0.3) is 10.9 Å². The van der Waals surface area contributed by atoms with Crippen molar-refractivity contribution < 1.29 is 9.59 Å². The lowest BCUT2D eigenvalue weighted by molar-refractivity contribution is -0.120. The molecule has 48 heavy (non-hydrogen) atoms. The van der Waals surface area contributed by atoms with Crippen molar-refractivity contribution in [2.75, 3.05) is 56.1 Å². The Hall–Kier alpha value is -5.08. The van der Waals surface area contributed by atoms with Crippen LogP contribution in [0.3, 0.4) is 0 Å².